The first kappa shape index (κ1) is 17.7. The number of nitrogens with zero attached hydrogens (tertiary/aromatic N) is 1. The zero-order valence-electron chi connectivity index (χ0n) is 16.7. The Kier molecular flexibility index (Phi) is 4.18. The largest absolute Gasteiger partial charge is 0.455 e. The van der Waals surface area contributed by atoms with E-state index in [1.807, 2.05) is 6.92 Å². The van der Waals surface area contributed by atoms with Gasteiger partial charge in [-0.3, -0.25) is 9.59 Å². The molecule has 0 atom stereocenters. The van der Waals surface area contributed by atoms with E-state index < -0.39 is 0 Å². The predicted octanol–water partition coefficient (Wildman–Crippen LogP) is 4.97. The van der Waals surface area contributed by atoms with Crippen molar-refractivity contribution in [1.29, 1.82) is 0 Å². The first-order chi connectivity index (χ1) is 13.5. The van der Waals surface area contributed by atoms with E-state index in [9.17, 15) is 9.59 Å². The van der Waals surface area contributed by atoms with Gasteiger partial charge in [-0.15, -0.1) is 0 Å². The van der Waals surface area contributed by atoms with Crippen molar-refractivity contribution < 1.29 is 14.0 Å². The maximum atomic E-state index is 13.4. The van der Waals surface area contributed by atoms with E-state index in [-0.39, 0.29) is 17.7 Å². The van der Waals surface area contributed by atoms with Gasteiger partial charge in [0.05, 0.1) is 5.56 Å². The molecule has 0 unspecified atom stereocenters. The average Bonchev–Trinajstić information content (AvgIpc) is 3.41. The minimum atomic E-state index is -0.00423. The summed E-state index contributed by atoms with van der Waals surface area (Å²) >= 11 is 0. The van der Waals surface area contributed by atoms with Crippen LogP contribution in [0.4, 0.5) is 0 Å². The summed E-state index contributed by atoms with van der Waals surface area (Å²) in [5, 5.41) is 0. The number of carbonyl (C=O) groups excluding carboxylic acids is 2. The molecule has 4 nitrogen and oxygen atoms in total. The molecular formula is C24H27NO3. The molecular weight excluding hydrogens is 350 g/mol. The summed E-state index contributed by atoms with van der Waals surface area (Å²) in [6.45, 7) is 4.04. The van der Waals surface area contributed by atoms with Crippen molar-refractivity contribution in [2.24, 2.45) is 0 Å². The molecule has 0 spiro atoms. The van der Waals surface area contributed by atoms with E-state index in [2.05, 4.69) is 36.1 Å². The average molecular weight is 377 g/mol. The molecule has 146 valence electrons. The Balaban J connectivity index is 1.38. The monoisotopic (exact) mass is 377 g/mol. The minimum Gasteiger partial charge on any atom is -0.455 e. The fraction of sp³-hybridized carbons (Fsp3) is 0.500. The molecule has 1 amide bonds. The second-order valence-corrected chi connectivity index (χ2v) is 8.75. The van der Waals surface area contributed by atoms with Gasteiger partial charge in [0, 0.05) is 30.5 Å². The number of aryl methyl sites for hydroxylation is 2. The fourth-order valence-electron chi connectivity index (χ4n) is 5.07. The van der Waals surface area contributed by atoms with Crippen molar-refractivity contribution >= 4 is 11.7 Å². The number of hydrogen-bond acceptors (Lipinski definition) is 3. The number of benzene rings is 1. The van der Waals surface area contributed by atoms with Crippen LogP contribution in [0.2, 0.25) is 0 Å². The van der Waals surface area contributed by atoms with Crippen molar-refractivity contribution in [3.05, 3.63) is 58.0 Å². The highest BCUT2D eigenvalue weighted by atomic mass is 16.4. The third-order valence-electron chi connectivity index (χ3n) is 6.81. The smallest absolute Gasteiger partial charge is 0.290 e. The van der Waals surface area contributed by atoms with Crippen molar-refractivity contribution in [2.75, 3.05) is 0 Å². The van der Waals surface area contributed by atoms with Crippen LogP contribution in [0.3, 0.4) is 0 Å². The summed E-state index contributed by atoms with van der Waals surface area (Å²) in [5.41, 5.74) is 4.18. The molecule has 3 aliphatic rings. The van der Waals surface area contributed by atoms with E-state index >= 15 is 0 Å². The summed E-state index contributed by atoms with van der Waals surface area (Å²) in [6.07, 6.45) is 6.34. The predicted molar refractivity (Wildman–Crippen MR) is 107 cm³/mol. The summed E-state index contributed by atoms with van der Waals surface area (Å²) < 4.78 is 5.97. The topological polar surface area (TPSA) is 50.5 Å². The number of furan rings is 1. The highest BCUT2D eigenvalue weighted by molar-refractivity contribution is 6.03. The normalized spacial score (nSPS) is 23.9. The lowest BCUT2D eigenvalue weighted by molar-refractivity contribution is 0.0482. The number of ketones is 1. The lowest BCUT2D eigenvalue weighted by Crippen LogP contribution is -2.48. The Morgan fingerprint density at radius 2 is 1.82 bits per heavy atom. The highest BCUT2D eigenvalue weighted by Crippen LogP contribution is 2.45. The molecule has 2 fully saturated rings. The molecule has 0 N–H and O–H groups in total. The Morgan fingerprint density at radius 3 is 2.50 bits per heavy atom. The molecule has 0 radical (unpaired) electrons. The molecule has 4 heteroatoms. The van der Waals surface area contributed by atoms with Gasteiger partial charge in [0.1, 0.15) is 5.76 Å². The first-order valence-corrected chi connectivity index (χ1v) is 10.6. The van der Waals surface area contributed by atoms with Crippen LogP contribution < -0.4 is 0 Å². The SMILES string of the molecule is Cc1ccccc1C1CC(N(C(=O)c2oc3c(c2C)C(=O)CCC3)C2CC2)C1. The van der Waals surface area contributed by atoms with Crippen LogP contribution in [0, 0.1) is 13.8 Å². The number of rotatable bonds is 4. The standard InChI is InChI=1S/C24H27NO3/c1-14-6-3-4-7-19(14)16-12-18(13-16)25(17-10-11-17)24(27)23-15(2)22-20(26)8-5-9-21(22)28-23/h3-4,6-7,16-18H,5,8-13H2,1-2H3. The van der Waals surface area contributed by atoms with Crippen LogP contribution in [0.25, 0.3) is 0 Å². The molecule has 2 aromatic rings. The van der Waals surface area contributed by atoms with Gasteiger partial charge < -0.3 is 9.32 Å². The molecule has 1 heterocycles. The summed E-state index contributed by atoms with van der Waals surface area (Å²) in [6, 6.07) is 9.19. The van der Waals surface area contributed by atoms with Crippen LogP contribution in [0.1, 0.15) is 87.8 Å². The molecule has 1 aromatic heterocycles. The summed E-state index contributed by atoms with van der Waals surface area (Å²) in [7, 11) is 0. The zero-order chi connectivity index (χ0) is 19.4. The van der Waals surface area contributed by atoms with Gasteiger partial charge >= 0.3 is 0 Å². The van der Waals surface area contributed by atoms with Crippen LogP contribution in [-0.4, -0.2) is 28.7 Å². The zero-order valence-corrected chi connectivity index (χ0v) is 16.7. The molecule has 0 saturated heterocycles. The second-order valence-electron chi connectivity index (χ2n) is 8.75. The Bertz CT molecular complexity index is 947. The van der Waals surface area contributed by atoms with Crippen LogP contribution in [0.5, 0.6) is 0 Å². The fourth-order valence-corrected chi connectivity index (χ4v) is 5.07. The van der Waals surface area contributed by atoms with E-state index in [0.717, 1.165) is 49.8 Å². The molecule has 3 aliphatic carbocycles. The lowest BCUT2D eigenvalue weighted by atomic mass is 9.73. The number of hydrogen-bond donors (Lipinski definition) is 0. The van der Waals surface area contributed by atoms with Crippen molar-refractivity contribution in [3.8, 4) is 0 Å². The van der Waals surface area contributed by atoms with Crippen LogP contribution in [0.15, 0.2) is 28.7 Å². The third-order valence-corrected chi connectivity index (χ3v) is 6.81. The number of carbonyl (C=O) groups is 2. The van der Waals surface area contributed by atoms with E-state index in [4.69, 9.17) is 4.42 Å². The molecule has 5 rings (SSSR count). The molecule has 0 bridgehead atoms. The number of fused-ring (bicyclic) bond motifs is 1. The van der Waals surface area contributed by atoms with Gasteiger partial charge in [0.15, 0.2) is 11.5 Å². The van der Waals surface area contributed by atoms with E-state index in [1.165, 1.54) is 11.1 Å². The molecule has 2 saturated carbocycles. The van der Waals surface area contributed by atoms with Crippen LogP contribution >= 0.6 is 0 Å². The molecule has 1 aromatic carbocycles. The minimum absolute atomic E-state index is 0.00423. The second kappa shape index (κ2) is 6.61. The molecule has 0 aliphatic heterocycles. The Labute approximate surface area is 165 Å². The lowest BCUT2D eigenvalue weighted by Gasteiger charge is -2.43. The van der Waals surface area contributed by atoms with Gasteiger partial charge in [-0.25, -0.2) is 0 Å². The maximum Gasteiger partial charge on any atom is 0.290 e. The van der Waals surface area contributed by atoms with Crippen molar-refractivity contribution in [3.63, 3.8) is 0 Å². The van der Waals surface area contributed by atoms with Crippen molar-refractivity contribution in [1.82, 2.24) is 4.90 Å². The van der Waals surface area contributed by atoms with E-state index in [1.54, 1.807) is 0 Å². The third kappa shape index (κ3) is 2.81. The number of amides is 1. The number of Topliss-reactive ketones (excluding diaryl/α,β-unsaturated/α-hetero) is 1. The summed E-state index contributed by atoms with van der Waals surface area (Å²) in [5.74, 6) is 1.79. The van der Waals surface area contributed by atoms with Crippen LogP contribution in [-0.2, 0) is 6.42 Å². The van der Waals surface area contributed by atoms with Gasteiger partial charge in [0.25, 0.3) is 5.91 Å². The van der Waals surface area contributed by atoms with Gasteiger partial charge in [0.2, 0.25) is 0 Å². The van der Waals surface area contributed by atoms with Gasteiger partial charge in [-0.05, 0) is 63.0 Å². The van der Waals surface area contributed by atoms with Crippen molar-refractivity contribution in [2.45, 2.75) is 76.8 Å². The van der Waals surface area contributed by atoms with Gasteiger partial charge in [-0.2, -0.15) is 0 Å². The maximum absolute atomic E-state index is 13.4. The highest BCUT2D eigenvalue weighted by Gasteiger charge is 2.45. The Morgan fingerprint density at radius 1 is 1.07 bits per heavy atom. The first-order valence-electron chi connectivity index (χ1n) is 10.6. The molecule has 28 heavy (non-hydrogen) atoms. The Hall–Kier alpha value is -2.36. The van der Waals surface area contributed by atoms with Gasteiger partial charge in [-0.1, -0.05) is 24.3 Å². The van der Waals surface area contributed by atoms with E-state index in [0.29, 0.717) is 29.7 Å². The summed E-state index contributed by atoms with van der Waals surface area (Å²) in [4.78, 5) is 27.8. The quantitative estimate of drug-likeness (QED) is 0.756.